The lowest BCUT2D eigenvalue weighted by molar-refractivity contribution is 1.54. The van der Waals surface area contributed by atoms with E-state index in [1.165, 1.54) is 5.39 Å². The Kier molecular flexibility index (Phi) is 1.44. The van der Waals surface area contributed by atoms with E-state index in [1.807, 2.05) is 30.3 Å². The third kappa shape index (κ3) is 1.07. The van der Waals surface area contributed by atoms with Crippen molar-refractivity contribution in [2.24, 2.45) is 0 Å². The second kappa shape index (κ2) is 2.85. The highest BCUT2D eigenvalue weighted by Crippen LogP contribution is 2.27. The van der Waals surface area contributed by atoms with Crippen molar-refractivity contribution in [3.05, 3.63) is 46.9 Å². The highest BCUT2D eigenvalue weighted by atomic mass is 79.9. The van der Waals surface area contributed by atoms with Crippen LogP contribution in [0.2, 0.25) is 0 Å². The normalized spacial score (nSPS) is 12.2. The summed E-state index contributed by atoms with van der Waals surface area (Å²) in [6, 6.07) is 12.6. The summed E-state index contributed by atoms with van der Waals surface area (Å²) in [5, 5.41) is 2.28. The van der Waals surface area contributed by atoms with Crippen LogP contribution in [0.25, 0.3) is 21.8 Å². The Balaban J connectivity index is 2.60. The maximum Gasteiger partial charge on any atom is 0.0657 e. The fourth-order valence-electron chi connectivity index (χ4n) is 1.75. The summed E-state index contributed by atoms with van der Waals surface area (Å²) in [6.07, 6.45) is 0. The van der Waals surface area contributed by atoms with Gasteiger partial charge in [-0.3, -0.25) is 0 Å². The first-order chi connectivity index (χ1) is 7.27. The minimum atomic E-state index is 0.517. The fraction of sp³-hybridized carbons (Fsp3) is 0. The number of fused-ring (bicyclic) bond motifs is 3. The van der Waals surface area contributed by atoms with Gasteiger partial charge in [0.1, 0.15) is 0 Å². The van der Waals surface area contributed by atoms with Crippen molar-refractivity contribution in [2.45, 2.75) is 0 Å². The van der Waals surface area contributed by atoms with Crippen molar-refractivity contribution in [2.75, 3.05) is 0 Å². The number of rotatable bonds is 0. The van der Waals surface area contributed by atoms with E-state index in [9.17, 15) is 0 Å². The van der Waals surface area contributed by atoms with E-state index in [4.69, 9.17) is 1.37 Å². The van der Waals surface area contributed by atoms with E-state index < -0.39 is 0 Å². The van der Waals surface area contributed by atoms with E-state index >= 15 is 0 Å². The molecule has 3 rings (SSSR count). The Hall–Kier alpha value is -1.28. The van der Waals surface area contributed by atoms with Crippen LogP contribution in [0, 0.1) is 0 Å². The molecule has 0 atom stereocenters. The predicted molar refractivity (Wildman–Crippen MR) is 63.5 cm³/mol. The molecule has 0 spiro atoms. The molecule has 0 aliphatic carbocycles. The predicted octanol–water partition coefficient (Wildman–Crippen LogP) is 4.08. The van der Waals surface area contributed by atoms with E-state index in [1.54, 1.807) is 0 Å². The van der Waals surface area contributed by atoms with E-state index in [-0.39, 0.29) is 0 Å². The van der Waals surface area contributed by atoms with Crippen LogP contribution in [0.5, 0.6) is 0 Å². The zero-order valence-electron chi connectivity index (χ0n) is 8.34. The van der Waals surface area contributed by atoms with Gasteiger partial charge < -0.3 is 4.98 Å². The van der Waals surface area contributed by atoms with Crippen LogP contribution >= 0.6 is 15.9 Å². The van der Waals surface area contributed by atoms with Crippen LogP contribution < -0.4 is 0 Å². The average molecular weight is 247 g/mol. The lowest BCUT2D eigenvalue weighted by Gasteiger charge is -1.90. The lowest BCUT2D eigenvalue weighted by Crippen LogP contribution is -1.66. The smallest absolute Gasteiger partial charge is 0.0657 e. The summed E-state index contributed by atoms with van der Waals surface area (Å²) < 4.78 is 8.76. The molecular weight excluding hydrogens is 238 g/mol. The average Bonchev–Trinajstić information content (AvgIpc) is 2.63. The van der Waals surface area contributed by atoms with Gasteiger partial charge in [-0.25, -0.2) is 0 Å². The van der Waals surface area contributed by atoms with Crippen LogP contribution in [0.15, 0.2) is 46.9 Å². The molecule has 1 heterocycles. The fourth-order valence-corrected chi connectivity index (χ4v) is 2.08. The third-order valence-electron chi connectivity index (χ3n) is 2.39. The topological polar surface area (TPSA) is 15.8 Å². The SMILES string of the molecule is [2H]c1c(Br)ccc2c1[nH]c1ccccc12. The van der Waals surface area contributed by atoms with Gasteiger partial charge in [-0.1, -0.05) is 40.2 Å². The Bertz CT molecular complexity index is 657. The van der Waals surface area contributed by atoms with Crippen LogP contribution in [0.1, 0.15) is 1.37 Å². The lowest BCUT2D eigenvalue weighted by atomic mass is 10.2. The molecule has 0 fully saturated rings. The monoisotopic (exact) mass is 246 g/mol. The standard InChI is InChI=1S/C12H8BrN/c13-8-5-6-10-9-3-1-2-4-11(9)14-12(10)7-8/h1-7,14H/i7D. The van der Waals surface area contributed by atoms with Crippen molar-refractivity contribution < 1.29 is 1.37 Å². The van der Waals surface area contributed by atoms with Crippen molar-refractivity contribution in [3.8, 4) is 0 Å². The van der Waals surface area contributed by atoms with Gasteiger partial charge in [0.2, 0.25) is 0 Å². The first-order valence-corrected chi connectivity index (χ1v) is 5.22. The Morgan fingerprint density at radius 3 is 2.71 bits per heavy atom. The van der Waals surface area contributed by atoms with Crippen LogP contribution in [0.4, 0.5) is 0 Å². The zero-order chi connectivity index (χ0) is 10.4. The van der Waals surface area contributed by atoms with E-state index in [0.29, 0.717) is 6.04 Å². The number of hydrogen-bond donors (Lipinski definition) is 1. The number of hydrogen-bond acceptors (Lipinski definition) is 0. The minimum Gasteiger partial charge on any atom is -0.354 e. The van der Waals surface area contributed by atoms with Gasteiger partial charge in [-0.15, -0.1) is 0 Å². The molecule has 1 N–H and O–H groups in total. The molecule has 1 nitrogen and oxygen atoms in total. The van der Waals surface area contributed by atoms with E-state index in [2.05, 4.69) is 27.0 Å². The van der Waals surface area contributed by atoms with E-state index in [0.717, 1.165) is 20.9 Å². The summed E-state index contributed by atoms with van der Waals surface area (Å²) in [5.41, 5.74) is 1.98. The van der Waals surface area contributed by atoms with Crippen LogP contribution in [-0.2, 0) is 0 Å². The number of H-pyrrole nitrogens is 1. The van der Waals surface area contributed by atoms with Crippen LogP contribution in [-0.4, -0.2) is 4.98 Å². The molecule has 0 aliphatic rings. The molecule has 0 radical (unpaired) electrons. The highest BCUT2D eigenvalue weighted by molar-refractivity contribution is 9.10. The first-order valence-electron chi connectivity index (χ1n) is 4.93. The molecule has 0 aliphatic heterocycles. The Morgan fingerprint density at radius 1 is 1.00 bits per heavy atom. The zero-order valence-corrected chi connectivity index (χ0v) is 8.93. The highest BCUT2D eigenvalue weighted by Gasteiger charge is 2.02. The minimum absolute atomic E-state index is 0.517. The number of para-hydroxylation sites is 1. The first kappa shape index (κ1) is 7.07. The maximum atomic E-state index is 7.94. The van der Waals surface area contributed by atoms with Gasteiger partial charge in [0.15, 0.2) is 0 Å². The molecule has 0 amide bonds. The molecule has 14 heavy (non-hydrogen) atoms. The summed E-state index contributed by atoms with van der Waals surface area (Å²) >= 11 is 3.37. The van der Waals surface area contributed by atoms with Gasteiger partial charge in [0.25, 0.3) is 0 Å². The second-order valence-electron chi connectivity index (χ2n) is 3.27. The second-order valence-corrected chi connectivity index (χ2v) is 4.12. The van der Waals surface area contributed by atoms with Gasteiger partial charge in [-0.2, -0.15) is 0 Å². The van der Waals surface area contributed by atoms with Gasteiger partial charge in [0, 0.05) is 26.3 Å². The third-order valence-corrected chi connectivity index (χ3v) is 2.85. The molecule has 2 heteroatoms. The van der Waals surface area contributed by atoms with Gasteiger partial charge in [0.05, 0.1) is 1.37 Å². The van der Waals surface area contributed by atoms with Crippen LogP contribution in [0.3, 0.4) is 0 Å². The quantitative estimate of drug-likeness (QED) is 0.616. The summed E-state index contributed by atoms with van der Waals surface area (Å²) in [7, 11) is 0. The summed E-state index contributed by atoms with van der Waals surface area (Å²) in [5.74, 6) is 0. The molecule has 0 unspecified atom stereocenters. The Labute approximate surface area is 91.3 Å². The van der Waals surface area contributed by atoms with Gasteiger partial charge in [-0.05, 0) is 18.2 Å². The number of aromatic nitrogens is 1. The largest absolute Gasteiger partial charge is 0.354 e. The van der Waals surface area contributed by atoms with Crippen molar-refractivity contribution in [1.82, 2.24) is 4.98 Å². The summed E-state index contributed by atoms with van der Waals surface area (Å²) in [4.78, 5) is 3.27. The molecule has 0 bridgehead atoms. The van der Waals surface area contributed by atoms with Gasteiger partial charge >= 0.3 is 0 Å². The van der Waals surface area contributed by atoms with Crippen molar-refractivity contribution >= 4 is 37.7 Å². The number of nitrogens with one attached hydrogen (secondary N) is 1. The molecule has 2 aromatic carbocycles. The van der Waals surface area contributed by atoms with Crippen molar-refractivity contribution in [1.29, 1.82) is 0 Å². The molecular formula is C12H8BrN. The molecule has 0 saturated heterocycles. The molecule has 3 aromatic rings. The number of benzene rings is 2. The number of aromatic amines is 1. The van der Waals surface area contributed by atoms with Crippen molar-refractivity contribution in [3.63, 3.8) is 0 Å². The molecule has 68 valence electrons. The molecule has 0 saturated carbocycles. The molecule has 1 aromatic heterocycles. The summed E-state index contributed by atoms with van der Waals surface area (Å²) in [6.45, 7) is 0. The Morgan fingerprint density at radius 2 is 1.79 bits per heavy atom. The maximum absolute atomic E-state index is 7.94. The number of halogens is 1.